The van der Waals surface area contributed by atoms with Crippen molar-refractivity contribution in [1.29, 1.82) is 0 Å². The number of ether oxygens (including phenoxy) is 1. The summed E-state index contributed by atoms with van der Waals surface area (Å²) in [5.74, 6) is -0.0545. The second-order valence-corrected chi connectivity index (χ2v) is 23.3. The van der Waals surface area contributed by atoms with Gasteiger partial charge >= 0.3 is 7.82 Å². The highest BCUT2D eigenvalue weighted by molar-refractivity contribution is 8.01. The molecule has 19 nitrogen and oxygen atoms in total. The summed E-state index contributed by atoms with van der Waals surface area (Å²) in [5, 5.41) is -1.67. The van der Waals surface area contributed by atoms with Crippen LogP contribution in [0.1, 0.15) is 32.4 Å². The van der Waals surface area contributed by atoms with Crippen LogP contribution >= 0.6 is 26.7 Å². The largest absolute Gasteiger partial charge is 0.472 e. The van der Waals surface area contributed by atoms with Crippen LogP contribution in [-0.2, 0) is 43.6 Å². The molecule has 0 aromatic carbocycles. The highest BCUT2D eigenvalue weighted by Crippen LogP contribution is 2.56. The summed E-state index contributed by atoms with van der Waals surface area (Å²) in [6, 6.07) is 0. The predicted octanol–water partition coefficient (Wildman–Crippen LogP) is 2.79. The van der Waals surface area contributed by atoms with Crippen molar-refractivity contribution >= 4 is 81.0 Å². The number of nitrogens with zero attached hydrogens (tertiary/aromatic N) is 7. The zero-order chi connectivity index (χ0) is 36.6. The lowest BCUT2D eigenvalue weighted by atomic mass is 10.1. The number of anilines is 2. The van der Waals surface area contributed by atoms with Gasteiger partial charge in [-0.1, -0.05) is 20.8 Å². The molecule has 2 bridgehead atoms. The van der Waals surface area contributed by atoms with Crippen molar-refractivity contribution in [1.82, 2.24) is 39.0 Å². The molecule has 3 aliphatic rings. The number of nitrogen functional groups attached to an aromatic ring is 2. The van der Waals surface area contributed by atoms with Gasteiger partial charge in [0.2, 0.25) is 5.95 Å². The molecule has 7 heterocycles. The van der Waals surface area contributed by atoms with Crippen LogP contribution in [-0.4, -0.2) is 101 Å². The number of rotatable bonds is 4. The van der Waals surface area contributed by atoms with E-state index in [1.165, 1.54) is 35.3 Å². The zero-order valence-corrected chi connectivity index (χ0v) is 32.4. The van der Waals surface area contributed by atoms with Crippen molar-refractivity contribution in [3.63, 3.8) is 0 Å². The predicted molar refractivity (Wildman–Crippen MR) is 191 cm³/mol. The number of imidazole rings is 2. The Morgan fingerprint density at radius 2 is 1.86 bits per heavy atom. The van der Waals surface area contributed by atoms with Crippen molar-refractivity contribution in [2.75, 3.05) is 24.7 Å². The third-order valence-electron chi connectivity index (χ3n) is 9.43. The molecule has 0 saturated carbocycles. The van der Waals surface area contributed by atoms with Crippen LogP contribution in [0.2, 0.25) is 18.1 Å². The quantitative estimate of drug-likeness (QED) is 0.171. The van der Waals surface area contributed by atoms with Crippen LogP contribution in [0.5, 0.6) is 0 Å². The van der Waals surface area contributed by atoms with Gasteiger partial charge in [0.25, 0.3) is 5.56 Å². The van der Waals surface area contributed by atoms with Gasteiger partial charge in [0.05, 0.1) is 37.2 Å². The number of hydrogen-bond acceptors (Lipinski definition) is 17. The maximum absolute atomic E-state index is 16.2. The third kappa shape index (κ3) is 6.92. The molecular weight excluding hydrogens is 770 g/mol. The number of phosphoric acid groups is 1. The Hall–Kier alpha value is -2.40. The number of halogens is 1. The standard InChI is InChI=1S/C26H37FN10O9P2S2Si/c1-26(2,3)51(4,5)46-17-12-7-41-47(49)44-16-11(43-23(13(16)27)36-9-32-14-19(28)30-8-31-20(14)36)6-42-48(39,40)45-18(17)24(50-12)37-10-33-15-21(37)34-25(29)35-22(15)38/h8-13,16-18,23-24,47H,6-7H2,1-5H3,(H,39,40)(H2,28,30,31)(H3,29,34,35,38)/t11-,12-,13+,16-,17-,18-,23-,24-/m1/s1. The van der Waals surface area contributed by atoms with E-state index in [0.29, 0.717) is 0 Å². The number of aromatic nitrogens is 8. The first kappa shape index (κ1) is 36.9. The van der Waals surface area contributed by atoms with Crippen molar-refractivity contribution in [2.45, 2.75) is 86.3 Å². The molecule has 4 aromatic heterocycles. The van der Waals surface area contributed by atoms with E-state index in [0.717, 1.165) is 0 Å². The Balaban J connectivity index is 1.24. The lowest BCUT2D eigenvalue weighted by molar-refractivity contribution is -0.0480. The fourth-order valence-electron chi connectivity index (χ4n) is 5.86. The average Bonchev–Trinajstić information content (AvgIpc) is 3.80. The summed E-state index contributed by atoms with van der Waals surface area (Å²) in [6.07, 6.45) is -3.94. The van der Waals surface area contributed by atoms with Crippen LogP contribution in [0.25, 0.3) is 22.3 Å². The second-order valence-electron chi connectivity index (χ2n) is 13.8. The van der Waals surface area contributed by atoms with Crippen molar-refractivity contribution < 1.29 is 41.1 Å². The normalized spacial score (nSPS) is 33.9. The van der Waals surface area contributed by atoms with Gasteiger partial charge in [0.15, 0.2) is 50.5 Å². The van der Waals surface area contributed by atoms with Crippen LogP contribution in [0, 0.1) is 0 Å². The Bertz CT molecular complexity index is 2100. The van der Waals surface area contributed by atoms with Gasteiger partial charge in [-0.3, -0.25) is 28.0 Å². The van der Waals surface area contributed by atoms with E-state index in [9.17, 15) is 14.3 Å². The molecule has 10 atom stereocenters. The fraction of sp³-hybridized carbons (Fsp3) is 0.615. The Kier molecular flexibility index (Phi) is 9.75. The molecule has 0 spiro atoms. The van der Waals surface area contributed by atoms with Gasteiger partial charge < -0.3 is 34.6 Å². The first-order chi connectivity index (χ1) is 23.9. The van der Waals surface area contributed by atoms with Crippen LogP contribution < -0.4 is 17.0 Å². The Morgan fingerprint density at radius 1 is 1.14 bits per heavy atom. The summed E-state index contributed by atoms with van der Waals surface area (Å²) >= 11 is 6.90. The van der Waals surface area contributed by atoms with Crippen molar-refractivity contribution in [3.8, 4) is 0 Å². The molecule has 3 saturated heterocycles. The smallest absolute Gasteiger partial charge is 0.410 e. The topological polar surface area (TPSA) is 252 Å². The summed E-state index contributed by atoms with van der Waals surface area (Å²) in [7, 11) is -10.2. The number of thioether (sulfide) groups is 1. The lowest BCUT2D eigenvalue weighted by Crippen LogP contribution is -2.50. The molecule has 0 amide bonds. The summed E-state index contributed by atoms with van der Waals surface area (Å²) in [4.78, 5) is 47.1. The molecule has 278 valence electrons. The second kappa shape index (κ2) is 13.5. The van der Waals surface area contributed by atoms with Gasteiger partial charge in [0.1, 0.15) is 35.5 Å². The molecule has 25 heteroatoms. The van der Waals surface area contributed by atoms with Gasteiger partial charge in [0, 0.05) is 0 Å². The number of nitrogens with two attached hydrogens (primary N) is 2. The van der Waals surface area contributed by atoms with Crippen LogP contribution in [0.15, 0.2) is 23.8 Å². The van der Waals surface area contributed by atoms with Gasteiger partial charge in [-0.15, -0.1) is 11.8 Å². The van der Waals surface area contributed by atoms with E-state index in [1.807, 2.05) is 13.1 Å². The third-order valence-corrected chi connectivity index (χ3v) is 17.9. The molecule has 2 unspecified atom stereocenters. The number of aromatic amines is 1. The fourth-order valence-corrected chi connectivity index (χ4v) is 11.4. The lowest BCUT2D eigenvalue weighted by Gasteiger charge is -2.41. The maximum atomic E-state index is 16.2. The molecule has 3 fully saturated rings. The summed E-state index contributed by atoms with van der Waals surface area (Å²) in [5.41, 5.74) is 11.8. The summed E-state index contributed by atoms with van der Waals surface area (Å²) < 4.78 is 69.5. The van der Waals surface area contributed by atoms with E-state index in [2.05, 4.69) is 50.7 Å². The van der Waals surface area contributed by atoms with Gasteiger partial charge in [-0.2, -0.15) is 4.98 Å². The Morgan fingerprint density at radius 3 is 2.61 bits per heavy atom. The number of alkyl halides is 1. The first-order valence-electron chi connectivity index (χ1n) is 15.7. The minimum Gasteiger partial charge on any atom is -0.410 e. The van der Waals surface area contributed by atoms with Gasteiger partial charge in [-0.05, 0) is 29.9 Å². The van der Waals surface area contributed by atoms with E-state index < -0.39 is 82.9 Å². The number of hydrogen-bond donors (Lipinski definition) is 4. The Labute approximate surface area is 300 Å². The molecule has 4 aromatic rings. The minimum atomic E-state index is -4.97. The average molecular weight is 807 g/mol. The monoisotopic (exact) mass is 806 g/mol. The molecular formula is C26H37FN10O9P2S2Si. The van der Waals surface area contributed by atoms with Crippen LogP contribution in [0.3, 0.4) is 0 Å². The van der Waals surface area contributed by atoms with Crippen LogP contribution in [0.4, 0.5) is 16.2 Å². The SMILES string of the molecule is CC(C)(C)[Si](C)(C)O[C@H]1[C@H]2OP(=O)(O)OC[C@H]3O[C@@H](n4cnc5c(N)ncnc54)[C@@H](F)[C@@H]3O[PH](=S)OC[C@H]1S[C@H]2n1cnc2c(=O)[nH]c(N)nc21. The molecule has 0 aliphatic carbocycles. The maximum Gasteiger partial charge on any atom is 0.472 e. The first-order valence-corrected chi connectivity index (χ1v) is 23.5. The number of nitrogens with one attached hydrogen (secondary N) is 1. The molecule has 3 aliphatic heterocycles. The van der Waals surface area contributed by atoms with Gasteiger partial charge in [-0.25, -0.2) is 28.9 Å². The molecule has 6 N–H and O–H groups in total. The molecule has 51 heavy (non-hydrogen) atoms. The number of fused-ring (bicyclic) bond motifs is 5. The molecule has 7 rings (SSSR count). The van der Waals surface area contributed by atoms with E-state index in [1.54, 1.807) is 4.57 Å². The zero-order valence-electron chi connectivity index (χ0n) is 27.9. The van der Waals surface area contributed by atoms with Crippen molar-refractivity contribution in [2.24, 2.45) is 0 Å². The minimum absolute atomic E-state index is 0.00646. The van der Waals surface area contributed by atoms with E-state index in [4.69, 9.17) is 50.5 Å². The van der Waals surface area contributed by atoms with E-state index >= 15 is 4.39 Å². The number of phosphoric ester groups is 1. The van der Waals surface area contributed by atoms with E-state index in [-0.39, 0.29) is 45.7 Å². The molecule has 0 radical (unpaired) electrons. The highest BCUT2D eigenvalue weighted by Gasteiger charge is 2.55. The van der Waals surface area contributed by atoms with Crippen molar-refractivity contribution in [3.05, 3.63) is 29.3 Å². The highest BCUT2D eigenvalue weighted by atomic mass is 32.4. The summed E-state index contributed by atoms with van der Waals surface area (Å²) in [6.45, 7) is 9.53. The number of H-pyrrole nitrogens is 1.